The Morgan fingerprint density at radius 3 is 2.63 bits per heavy atom. The van der Waals surface area contributed by atoms with E-state index in [4.69, 9.17) is 28.9 Å². The molecule has 3 N–H and O–H groups in total. The highest BCUT2D eigenvalue weighted by Crippen LogP contribution is 2.49. The Kier molecular flexibility index (Phi) is 10.0. The van der Waals surface area contributed by atoms with E-state index < -0.39 is 23.3 Å². The molecule has 12 nitrogen and oxygen atoms in total. The molecule has 8 rings (SSSR count). The van der Waals surface area contributed by atoms with Crippen LogP contribution in [0.4, 0.5) is 14.6 Å². The molecule has 0 bridgehead atoms. The number of ether oxygens (including phenoxy) is 4. The lowest BCUT2D eigenvalue weighted by atomic mass is 9.75. The highest BCUT2D eigenvalue weighted by atomic mass is 19.1. The highest BCUT2D eigenvalue weighted by Gasteiger charge is 2.49. The van der Waals surface area contributed by atoms with Crippen molar-refractivity contribution < 1.29 is 43.0 Å². The van der Waals surface area contributed by atoms with Gasteiger partial charge in [0, 0.05) is 36.0 Å². The number of fused-ring (bicyclic) bond motifs is 3. The third kappa shape index (κ3) is 6.69. The second kappa shape index (κ2) is 14.6. The summed E-state index contributed by atoms with van der Waals surface area (Å²) in [6.45, 7) is 7.20. The number of aryl methyl sites for hydroxylation is 1. The summed E-state index contributed by atoms with van der Waals surface area (Å²) in [6.07, 6.45) is 4.83. The van der Waals surface area contributed by atoms with E-state index in [1.54, 1.807) is 17.9 Å². The molecule has 4 fully saturated rings. The van der Waals surface area contributed by atoms with Gasteiger partial charge >= 0.3 is 6.01 Å². The number of hydrogen-bond donors (Lipinski definition) is 3. The maximum Gasteiger partial charge on any atom is 0.319 e. The number of benzene rings is 2. The summed E-state index contributed by atoms with van der Waals surface area (Å²) in [5.41, 5.74) is -1.27. The van der Waals surface area contributed by atoms with E-state index in [1.165, 1.54) is 25.3 Å². The first-order chi connectivity index (χ1) is 26.0. The van der Waals surface area contributed by atoms with Gasteiger partial charge in [0.1, 0.15) is 39.6 Å². The lowest BCUT2D eigenvalue weighted by Gasteiger charge is -2.48. The Labute approximate surface area is 313 Å². The van der Waals surface area contributed by atoms with Gasteiger partial charge in [-0.15, -0.1) is 0 Å². The summed E-state index contributed by atoms with van der Waals surface area (Å²) in [6, 6.07) is 6.05. The number of hydrogen-bond acceptors (Lipinski definition) is 12. The normalized spacial score (nSPS) is 26.5. The van der Waals surface area contributed by atoms with Crippen LogP contribution in [0.1, 0.15) is 51.5 Å². The molecule has 4 aromatic rings. The highest BCUT2D eigenvalue weighted by molar-refractivity contribution is 6.03. The van der Waals surface area contributed by atoms with Crippen LogP contribution in [0.2, 0.25) is 0 Å². The number of piperidine rings is 1. The third-order valence-corrected chi connectivity index (χ3v) is 11.9. The average Bonchev–Trinajstić information content (AvgIpc) is 3.51. The van der Waals surface area contributed by atoms with Gasteiger partial charge in [0.05, 0.1) is 52.8 Å². The van der Waals surface area contributed by atoms with Crippen LogP contribution in [0, 0.1) is 23.0 Å². The van der Waals surface area contributed by atoms with Gasteiger partial charge in [0.2, 0.25) is 5.88 Å². The zero-order valence-corrected chi connectivity index (χ0v) is 31.1. The number of pyridine rings is 1. The standard InChI is InChI=1S/C40H49F2N5O7/c1-4-27-29(41)9-8-24-13-25(49)14-28(31(24)27)34-33(42)35-32(37(43-34)51-3)36(47-16-26(17-48)53-21-39(2,50)20-47)45-38(44-35)54-22-40-10-5-7-30(40)46(12-6-11-40)15-23-18-52-19-23/h8-9,13-14,23,26,30,48-50H,4-7,10-12,15-22H2,1-3H3/t26-,30-,39+,40-/m1/s1. The van der Waals surface area contributed by atoms with Crippen LogP contribution < -0.4 is 14.4 Å². The fraction of sp³-hybridized carbons (Fsp3) is 0.575. The monoisotopic (exact) mass is 749 g/mol. The van der Waals surface area contributed by atoms with Crippen LogP contribution in [-0.2, 0) is 15.9 Å². The lowest BCUT2D eigenvalue weighted by molar-refractivity contribution is -0.0731. The third-order valence-electron chi connectivity index (χ3n) is 11.9. The van der Waals surface area contributed by atoms with E-state index in [1.807, 2.05) is 6.92 Å². The van der Waals surface area contributed by atoms with E-state index in [0.29, 0.717) is 41.3 Å². The van der Waals surface area contributed by atoms with Gasteiger partial charge in [0.25, 0.3) is 0 Å². The molecule has 0 amide bonds. The predicted molar refractivity (Wildman–Crippen MR) is 198 cm³/mol. The summed E-state index contributed by atoms with van der Waals surface area (Å²) in [5.74, 6) is -0.705. The molecular weight excluding hydrogens is 700 g/mol. The smallest absolute Gasteiger partial charge is 0.319 e. The fourth-order valence-corrected chi connectivity index (χ4v) is 9.30. The van der Waals surface area contributed by atoms with Crippen molar-refractivity contribution in [3.63, 3.8) is 0 Å². The van der Waals surface area contributed by atoms with Crippen molar-refractivity contribution in [2.75, 3.05) is 71.2 Å². The Morgan fingerprint density at radius 2 is 1.89 bits per heavy atom. The van der Waals surface area contributed by atoms with Gasteiger partial charge in [0.15, 0.2) is 5.82 Å². The molecular formula is C40H49F2N5O7. The molecule has 2 aromatic heterocycles. The van der Waals surface area contributed by atoms with Crippen LogP contribution in [0.25, 0.3) is 32.9 Å². The predicted octanol–water partition coefficient (Wildman–Crippen LogP) is 5.01. The van der Waals surface area contributed by atoms with Crippen molar-refractivity contribution in [2.45, 2.75) is 70.1 Å². The van der Waals surface area contributed by atoms with Crippen molar-refractivity contribution in [2.24, 2.45) is 11.3 Å². The molecule has 4 atom stereocenters. The topological polar surface area (TPSA) is 143 Å². The van der Waals surface area contributed by atoms with Crippen LogP contribution >= 0.6 is 0 Å². The van der Waals surface area contributed by atoms with Crippen molar-refractivity contribution in [3.05, 3.63) is 41.5 Å². The van der Waals surface area contributed by atoms with E-state index in [0.717, 1.165) is 58.4 Å². The first kappa shape index (κ1) is 37.0. The fourth-order valence-electron chi connectivity index (χ4n) is 9.30. The minimum Gasteiger partial charge on any atom is -0.508 e. The van der Waals surface area contributed by atoms with Crippen LogP contribution in [0.3, 0.4) is 0 Å². The van der Waals surface area contributed by atoms with Crippen LogP contribution in [0.15, 0.2) is 24.3 Å². The molecule has 5 heterocycles. The van der Waals surface area contributed by atoms with Crippen LogP contribution in [0.5, 0.6) is 17.6 Å². The number of halogens is 2. The van der Waals surface area contributed by atoms with Crippen molar-refractivity contribution >= 4 is 27.5 Å². The molecule has 0 radical (unpaired) electrons. The summed E-state index contributed by atoms with van der Waals surface area (Å²) in [4.78, 5) is 18.5. The van der Waals surface area contributed by atoms with E-state index in [2.05, 4.69) is 9.88 Å². The summed E-state index contributed by atoms with van der Waals surface area (Å²) in [5, 5.41) is 33.3. The molecule has 290 valence electrons. The number of rotatable bonds is 10. The molecule has 54 heavy (non-hydrogen) atoms. The average molecular weight is 750 g/mol. The number of aliphatic hydroxyl groups is 2. The maximum absolute atomic E-state index is 17.4. The van der Waals surface area contributed by atoms with Crippen molar-refractivity contribution in [1.82, 2.24) is 19.9 Å². The molecule has 3 aliphatic heterocycles. The van der Waals surface area contributed by atoms with E-state index in [-0.39, 0.29) is 77.3 Å². The lowest BCUT2D eigenvalue weighted by Crippen LogP contribution is -2.54. The number of phenolic OH excluding ortho intramolecular Hbond substituents is 1. The quantitative estimate of drug-likeness (QED) is 0.201. The molecule has 4 aliphatic rings. The van der Waals surface area contributed by atoms with Gasteiger partial charge in [-0.2, -0.15) is 9.97 Å². The number of phenols is 1. The second-order valence-corrected chi connectivity index (χ2v) is 15.9. The Morgan fingerprint density at radius 1 is 1.07 bits per heavy atom. The Balaban J connectivity index is 1.28. The molecule has 14 heteroatoms. The van der Waals surface area contributed by atoms with E-state index in [9.17, 15) is 15.3 Å². The second-order valence-electron chi connectivity index (χ2n) is 15.9. The summed E-state index contributed by atoms with van der Waals surface area (Å²) >= 11 is 0. The molecule has 0 spiro atoms. The number of aromatic hydroxyl groups is 1. The molecule has 3 saturated heterocycles. The van der Waals surface area contributed by atoms with Gasteiger partial charge in [-0.25, -0.2) is 13.8 Å². The number of nitrogens with zero attached hydrogens (tertiary/aromatic N) is 5. The number of aromatic nitrogens is 3. The van der Waals surface area contributed by atoms with Crippen LogP contribution in [-0.4, -0.2) is 119 Å². The van der Waals surface area contributed by atoms with Crippen molar-refractivity contribution in [3.8, 4) is 28.9 Å². The van der Waals surface area contributed by atoms with Gasteiger partial charge < -0.3 is 39.2 Å². The minimum atomic E-state index is -1.35. The Bertz CT molecular complexity index is 2050. The van der Waals surface area contributed by atoms with Gasteiger partial charge in [-0.3, -0.25) is 4.90 Å². The van der Waals surface area contributed by atoms with Crippen molar-refractivity contribution in [1.29, 1.82) is 0 Å². The molecule has 2 aromatic carbocycles. The zero-order chi connectivity index (χ0) is 37.8. The number of aliphatic hydroxyl groups excluding tert-OH is 1. The number of β-amino-alcohol motifs (C(OH)–C–C–N with tert-alkyl or cyclic N) is 1. The first-order valence-electron chi connectivity index (χ1n) is 19.1. The van der Waals surface area contributed by atoms with E-state index >= 15 is 8.78 Å². The molecule has 1 aliphatic carbocycles. The Hall–Kier alpha value is -3.95. The largest absolute Gasteiger partial charge is 0.508 e. The van der Waals surface area contributed by atoms with Gasteiger partial charge in [-0.1, -0.05) is 19.4 Å². The number of anilines is 1. The minimum absolute atomic E-state index is 0.0170. The molecule has 1 saturated carbocycles. The SMILES string of the molecule is CCc1c(F)ccc2cc(O)cc(-c3nc(OC)c4c(N5C[C@H](CO)OC[C@@](C)(O)C5)nc(OC[C@]56CCC[C@H]5N(CC5COC5)CCC6)nc4c3F)c12. The summed E-state index contributed by atoms with van der Waals surface area (Å²) < 4.78 is 56.3. The van der Waals surface area contributed by atoms with Gasteiger partial charge in [-0.05, 0) is 80.1 Å². The number of likely N-dealkylation sites (tertiary alicyclic amines) is 1. The summed E-state index contributed by atoms with van der Waals surface area (Å²) in [7, 11) is 1.40. The molecule has 0 unspecified atom stereocenters. The zero-order valence-electron chi connectivity index (χ0n) is 31.1. The maximum atomic E-state index is 17.4. The number of methoxy groups -OCH3 is 1. The first-order valence-corrected chi connectivity index (χ1v) is 19.1.